The van der Waals surface area contributed by atoms with Gasteiger partial charge in [-0.3, -0.25) is 0 Å². The van der Waals surface area contributed by atoms with Gasteiger partial charge in [-0.25, -0.2) is 23.1 Å². The molecule has 0 aliphatic carbocycles. The van der Waals surface area contributed by atoms with Crippen LogP contribution in [-0.4, -0.2) is 43.3 Å². The summed E-state index contributed by atoms with van der Waals surface area (Å²) in [5.74, 6) is -1.27. The van der Waals surface area contributed by atoms with Gasteiger partial charge >= 0.3 is 12.0 Å². The Balaban J connectivity index is 2.68. The summed E-state index contributed by atoms with van der Waals surface area (Å²) in [6.45, 7) is -0.389. The van der Waals surface area contributed by atoms with E-state index in [1.54, 1.807) is 0 Å². The molecule has 0 aromatic heterocycles. The van der Waals surface area contributed by atoms with Crippen LogP contribution in [0.4, 0.5) is 10.5 Å². The van der Waals surface area contributed by atoms with Gasteiger partial charge in [-0.1, -0.05) is 0 Å². The third-order valence-electron chi connectivity index (χ3n) is 2.46. The van der Waals surface area contributed by atoms with Gasteiger partial charge in [-0.2, -0.15) is 0 Å². The zero-order valence-electron chi connectivity index (χ0n) is 10.8. The zero-order valence-corrected chi connectivity index (χ0v) is 11.6. The van der Waals surface area contributed by atoms with Crippen molar-refractivity contribution >= 4 is 27.7 Å². The van der Waals surface area contributed by atoms with Crippen LogP contribution in [0.1, 0.15) is 6.42 Å². The van der Waals surface area contributed by atoms with E-state index in [1.807, 2.05) is 0 Å². The molecule has 0 fully saturated rings. The maximum Gasteiger partial charge on any atom is 0.326 e. The first-order valence-electron chi connectivity index (χ1n) is 5.78. The van der Waals surface area contributed by atoms with Crippen LogP contribution in [0.5, 0.6) is 0 Å². The lowest BCUT2D eigenvalue weighted by molar-refractivity contribution is -0.139. The fraction of sp³-hybridized carbons (Fsp3) is 0.273. The average Bonchev–Trinajstić information content (AvgIpc) is 2.37. The van der Waals surface area contributed by atoms with Gasteiger partial charge in [-0.05, 0) is 24.3 Å². The van der Waals surface area contributed by atoms with E-state index in [0.29, 0.717) is 0 Å². The van der Waals surface area contributed by atoms with Crippen LogP contribution in [0.15, 0.2) is 29.2 Å². The van der Waals surface area contributed by atoms with Crippen LogP contribution >= 0.6 is 0 Å². The van der Waals surface area contributed by atoms with Crippen LogP contribution in [0.3, 0.4) is 0 Å². The Morgan fingerprint density at radius 3 is 2.24 bits per heavy atom. The van der Waals surface area contributed by atoms with Crippen molar-refractivity contribution in [1.82, 2.24) is 5.32 Å². The van der Waals surface area contributed by atoms with Crippen molar-refractivity contribution in [2.24, 2.45) is 5.14 Å². The quantitative estimate of drug-likeness (QED) is 0.466. The van der Waals surface area contributed by atoms with E-state index in [1.165, 1.54) is 24.3 Å². The van der Waals surface area contributed by atoms with Crippen LogP contribution in [0.2, 0.25) is 0 Å². The van der Waals surface area contributed by atoms with Gasteiger partial charge in [0.1, 0.15) is 6.04 Å². The summed E-state index contributed by atoms with van der Waals surface area (Å²) in [5, 5.41) is 26.9. The SMILES string of the molecule is NS(=O)(=O)c1ccc(NC(=O)N[C@H](CCO)C(=O)O)cc1. The smallest absolute Gasteiger partial charge is 0.326 e. The Labute approximate surface area is 120 Å². The molecule has 0 saturated heterocycles. The largest absolute Gasteiger partial charge is 0.480 e. The predicted molar refractivity (Wildman–Crippen MR) is 73.1 cm³/mol. The lowest BCUT2D eigenvalue weighted by Crippen LogP contribution is -2.43. The molecule has 1 rings (SSSR count). The number of aliphatic hydroxyl groups excluding tert-OH is 1. The number of amides is 2. The van der Waals surface area contributed by atoms with Gasteiger partial charge in [0.2, 0.25) is 10.0 Å². The number of benzene rings is 1. The van der Waals surface area contributed by atoms with Gasteiger partial charge in [-0.15, -0.1) is 0 Å². The number of hydrogen-bond donors (Lipinski definition) is 5. The Morgan fingerprint density at radius 2 is 1.81 bits per heavy atom. The van der Waals surface area contributed by atoms with Crippen molar-refractivity contribution in [3.8, 4) is 0 Å². The first-order chi connectivity index (χ1) is 9.74. The molecule has 9 nitrogen and oxygen atoms in total. The van der Waals surface area contributed by atoms with Crippen molar-refractivity contribution in [2.75, 3.05) is 11.9 Å². The molecule has 1 atom stereocenters. The molecule has 21 heavy (non-hydrogen) atoms. The van der Waals surface area contributed by atoms with Crippen molar-refractivity contribution in [3.63, 3.8) is 0 Å². The molecule has 0 bridgehead atoms. The summed E-state index contributed by atoms with van der Waals surface area (Å²) < 4.78 is 22.1. The number of rotatable bonds is 6. The van der Waals surface area contributed by atoms with Crippen molar-refractivity contribution < 1.29 is 28.2 Å². The number of sulfonamides is 1. The molecule has 6 N–H and O–H groups in total. The molecule has 0 heterocycles. The number of carboxylic acid groups (broad SMARTS) is 1. The highest BCUT2D eigenvalue weighted by Gasteiger charge is 2.19. The number of carbonyl (C=O) groups excluding carboxylic acids is 1. The number of carbonyl (C=O) groups is 2. The summed E-state index contributed by atoms with van der Waals surface area (Å²) >= 11 is 0. The molecule has 116 valence electrons. The molecule has 0 radical (unpaired) electrons. The number of primary sulfonamides is 1. The monoisotopic (exact) mass is 317 g/mol. The second-order valence-electron chi connectivity index (χ2n) is 4.07. The highest BCUT2D eigenvalue weighted by Crippen LogP contribution is 2.12. The van der Waals surface area contributed by atoms with Crippen molar-refractivity contribution in [3.05, 3.63) is 24.3 Å². The normalized spacial score (nSPS) is 12.5. The third kappa shape index (κ3) is 5.38. The third-order valence-corrected chi connectivity index (χ3v) is 3.39. The van der Waals surface area contributed by atoms with Crippen LogP contribution in [-0.2, 0) is 14.8 Å². The number of aliphatic carboxylic acids is 1. The van der Waals surface area contributed by atoms with E-state index in [-0.39, 0.29) is 23.6 Å². The summed E-state index contributed by atoms with van der Waals surface area (Å²) in [4.78, 5) is 22.3. The Hall–Kier alpha value is -2.17. The highest BCUT2D eigenvalue weighted by molar-refractivity contribution is 7.89. The van der Waals surface area contributed by atoms with Crippen molar-refractivity contribution in [1.29, 1.82) is 0 Å². The van der Waals surface area contributed by atoms with E-state index in [4.69, 9.17) is 15.4 Å². The summed E-state index contributed by atoms with van der Waals surface area (Å²) in [5.41, 5.74) is 0.257. The number of aliphatic hydroxyl groups is 1. The number of nitrogens with one attached hydrogen (secondary N) is 2. The van der Waals surface area contributed by atoms with E-state index < -0.39 is 28.1 Å². The highest BCUT2D eigenvalue weighted by atomic mass is 32.2. The predicted octanol–water partition coefficient (Wildman–Crippen LogP) is -0.709. The molecule has 1 aromatic carbocycles. The van der Waals surface area contributed by atoms with Gasteiger partial charge in [0.05, 0.1) is 4.90 Å². The number of urea groups is 1. The molecule has 0 aliphatic rings. The molecular weight excluding hydrogens is 302 g/mol. The lowest BCUT2D eigenvalue weighted by Gasteiger charge is -2.14. The molecular formula is C11H15N3O6S. The molecule has 0 aliphatic heterocycles. The first kappa shape index (κ1) is 16.9. The van der Waals surface area contributed by atoms with Crippen LogP contribution in [0, 0.1) is 0 Å². The first-order valence-corrected chi connectivity index (χ1v) is 7.32. The van der Waals surface area contributed by atoms with E-state index >= 15 is 0 Å². The standard InChI is InChI=1S/C11H15N3O6S/c12-21(19,20)8-3-1-7(2-4-8)13-11(18)14-9(5-6-15)10(16)17/h1-4,9,15H,5-6H2,(H,16,17)(H2,12,19,20)(H2,13,14,18)/t9-/m1/s1. The van der Waals surface area contributed by atoms with Gasteiger partial charge in [0.15, 0.2) is 0 Å². The molecule has 2 amide bonds. The minimum Gasteiger partial charge on any atom is -0.480 e. The zero-order chi connectivity index (χ0) is 16.0. The molecule has 1 aromatic rings. The maximum absolute atomic E-state index is 11.6. The van der Waals surface area contributed by atoms with E-state index in [9.17, 15) is 18.0 Å². The fourth-order valence-corrected chi connectivity index (χ4v) is 1.96. The van der Waals surface area contributed by atoms with Gasteiger partial charge in [0, 0.05) is 18.7 Å². The summed E-state index contributed by atoms with van der Waals surface area (Å²) in [6, 6.07) is 3.00. The molecule has 0 unspecified atom stereocenters. The minimum absolute atomic E-state index is 0.114. The molecule has 10 heteroatoms. The van der Waals surface area contributed by atoms with Gasteiger partial charge < -0.3 is 20.8 Å². The van der Waals surface area contributed by atoms with Gasteiger partial charge in [0.25, 0.3) is 0 Å². The number of anilines is 1. The number of hydrogen-bond acceptors (Lipinski definition) is 5. The number of nitrogens with two attached hydrogens (primary N) is 1. The minimum atomic E-state index is -3.82. The summed E-state index contributed by atoms with van der Waals surface area (Å²) in [6.07, 6.45) is -0.132. The van der Waals surface area contributed by atoms with Crippen molar-refractivity contribution in [2.45, 2.75) is 17.4 Å². The maximum atomic E-state index is 11.6. The second-order valence-corrected chi connectivity index (χ2v) is 5.63. The lowest BCUT2D eigenvalue weighted by atomic mass is 10.2. The van der Waals surface area contributed by atoms with Crippen LogP contribution in [0.25, 0.3) is 0 Å². The second kappa shape index (κ2) is 7.02. The van der Waals surface area contributed by atoms with E-state index in [2.05, 4.69) is 10.6 Å². The fourth-order valence-electron chi connectivity index (χ4n) is 1.44. The molecule has 0 spiro atoms. The average molecular weight is 317 g/mol. The van der Waals surface area contributed by atoms with E-state index in [0.717, 1.165) is 0 Å². The van der Waals surface area contributed by atoms with Crippen LogP contribution < -0.4 is 15.8 Å². The Bertz CT molecular complexity index is 613. The molecule has 0 saturated carbocycles. The summed E-state index contributed by atoms with van der Waals surface area (Å²) in [7, 11) is -3.82. The Kier molecular flexibility index (Phi) is 5.64. The Morgan fingerprint density at radius 1 is 1.24 bits per heavy atom. The number of carboxylic acids is 1. The topological polar surface area (TPSA) is 159 Å².